The smallest absolute Gasteiger partial charge is 0.267 e. The Labute approximate surface area is 150 Å². The zero-order valence-corrected chi connectivity index (χ0v) is 14.7. The highest BCUT2D eigenvalue weighted by molar-refractivity contribution is 5.99. The van der Waals surface area contributed by atoms with E-state index < -0.39 is 0 Å². The van der Waals surface area contributed by atoms with E-state index in [4.69, 9.17) is 9.15 Å². The number of carbonyl (C=O) groups excluding carboxylic acids is 2. The Kier molecular flexibility index (Phi) is 5.26. The molecule has 0 fully saturated rings. The third-order valence-corrected chi connectivity index (χ3v) is 4.16. The summed E-state index contributed by atoms with van der Waals surface area (Å²) in [7, 11) is 3.44. The van der Waals surface area contributed by atoms with E-state index in [-0.39, 0.29) is 24.8 Å². The molecule has 0 saturated heterocycles. The molecule has 2 aromatic heterocycles. The first-order chi connectivity index (χ1) is 12.6. The number of hydrogen-bond acceptors (Lipinski definition) is 4. The second-order valence-corrected chi connectivity index (χ2v) is 5.88. The van der Waals surface area contributed by atoms with Gasteiger partial charge in [0.1, 0.15) is 17.2 Å². The van der Waals surface area contributed by atoms with E-state index in [0.717, 1.165) is 16.7 Å². The summed E-state index contributed by atoms with van der Waals surface area (Å²) >= 11 is 0. The van der Waals surface area contributed by atoms with Gasteiger partial charge in [-0.2, -0.15) is 0 Å². The molecule has 0 aliphatic carbocycles. The maximum atomic E-state index is 12.4. The summed E-state index contributed by atoms with van der Waals surface area (Å²) in [6.45, 7) is 0.596. The number of ether oxygens (including phenoxy) is 1. The average molecular weight is 355 g/mol. The maximum Gasteiger partial charge on any atom is 0.267 e. The van der Waals surface area contributed by atoms with Crippen LogP contribution in [0, 0.1) is 0 Å². The van der Waals surface area contributed by atoms with Crippen molar-refractivity contribution in [2.45, 2.75) is 13.0 Å². The molecule has 136 valence electrons. The monoisotopic (exact) mass is 355 g/mol. The van der Waals surface area contributed by atoms with Gasteiger partial charge in [-0.3, -0.25) is 9.59 Å². The molecule has 0 radical (unpaired) electrons. The first-order valence-corrected chi connectivity index (χ1v) is 8.29. The minimum atomic E-state index is -0.221. The quantitative estimate of drug-likeness (QED) is 0.680. The maximum absolute atomic E-state index is 12.4. The number of nitrogens with zero attached hydrogens (tertiary/aromatic N) is 1. The van der Waals surface area contributed by atoms with Crippen molar-refractivity contribution in [2.75, 3.05) is 13.7 Å². The fourth-order valence-electron chi connectivity index (χ4n) is 2.74. The van der Waals surface area contributed by atoms with Crippen molar-refractivity contribution in [3.8, 4) is 5.75 Å². The molecular formula is C19H21N3O4. The van der Waals surface area contributed by atoms with E-state index in [9.17, 15) is 9.59 Å². The zero-order valence-electron chi connectivity index (χ0n) is 14.7. The van der Waals surface area contributed by atoms with Gasteiger partial charge in [-0.15, -0.1) is 0 Å². The molecule has 0 aliphatic rings. The molecule has 0 bridgehead atoms. The van der Waals surface area contributed by atoms with Crippen LogP contribution in [0.5, 0.6) is 5.75 Å². The van der Waals surface area contributed by atoms with Crippen molar-refractivity contribution >= 4 is 22.7 Å². The number of fused-ring (bicyclic) bond motifs is 1. The number of hydrogen-bond donors (Lipinski definition) is 2. The van der Waals surface area contributed by atoms with Crippen LogP contribution in [-0.4, -0.2) is 30.0 Å². The first kappa shape index (κ1) is 17.6. The van der Waals surface area contributed by atoms with Crippen molar-refractivity contribution in [3.63, 3.8) is 0 Å². The van der Waals surface area contributed by atoms with Crippen LogP contribution in [0.2, 0.25) is 0 Å². The summed E-state index contributed by atoms with van der Waals surface area (Å²) in [5, 5.41) is 6.44. The Bertz CT molecular complexity index is 912. The Morgan fingerprint density at radius 1 is 1.19 bits per heavy atom. The number of aromatic nitrogens is 1. The molecule has 3 aromatic rings. The van der Waals surface area contributed by atoms with Crippen LogP contribution in [0.1, 0.15) is 22.7 Å². The third kappa shape index (κ3) is 3.88. The average Bonchev–Trinajstić information content (AvgIpc) is 3.27. The molecule has 2 N–H and O–H groups in total. The number of methoxy groups -OCH3 is 1. The fourth-order valence-corrected chi connectivity index (χ4v) is 2.74. The van der Waals surface area contributed by atoms with Crippen LogP contribution in [-0.2, 0) is 18.4 Å². The van der Waals surface area contributed by atoms with Gasteiger partial charge >= 0.3 is 0 Å². The molecule has 7 heteroatoms. The normalized spacial score (nSPS) is 10.7. The van der Waals surface area contributed by atoms with Gasteiger partial charge in [0.25, 0.3) is 5.91 Å². The predicted molar refractivity (Wildman–Crippen MR) is 97.0 cm³/mol. The molecule has 0 aliphatic heterocycles. The van der Waals surface area contributed by atoms with Crippen molar-refractivity contribution < 1.29 is 18.7 Å². The summed E-state index contributed by atoms with van der Waals surface area (Å²) in [6.07, 6.45) is 1.76. The predicted octanol–water partition coefficient (Wildman–Crippen LogP) is 2.22. The SMILES string of the molecule is COc1ccc2c(c1)cc(C(=O)NCCC(=O)NCc1ccco1)n2C. The van der Waals surface area contributed by atoms with Gasteiger partial charge in [-0.1, -0.05) is 0 Å². The minimum absolute atomic E-state index is 0.150. The van der Waals surface area contributed by atoms with Crippen LogP contribution >= 0.6 is 0 Å². The minimum Gasteiger partial charge on any atom is -0.497 e. The Morgan fingerprint density at radius 2 is 2.04 bits per heavy atom. The Morgan fingerprint density at radius 3 is 2.77 bits per heavy atom. The molecule has 0 atom stereocenters. The van der Waals surface area contributed by atoms with Gasteiger partial charge in [0.05, 0.1) is 19.9 Å². The van der Waals surface area contributed by atoms with Crippen LogP contribution in [0.3, 0.4) is 0 Å². The number of aryl methyl sites for hydroxylation is 1. The van der Waals surface area contributed by atoms with E-state index in [1.165, 1.54) is 0 Å². The third-order valence-electron chi connectivity index (χ3n) is 4.16. The second kappa shape index (κ2) is 7.77. The highest BCUT2D eigenvalue weighted by Crippen LogP contribution is 2.23. The molecule has 0 spiro atoms. The van der Waals surface area contributed by atoms with Gasteiger partial charge in [0, 0.05) is 30.9 Å². The van der Waals surface area contributed by atoms with Gasteiger partial charge in [0.15, 0.2) is 0 Å². The largest absolute Gasteiger partial charge is 0.497 e. The van der Waals surface area contributed by atoms with E-state index in [0.29, 0.717) is 18.0 Å². The fraction of sp³-hybridized carbons (Fsp3) is 0.263. The summed E-state index contributed by atoms with van der Waals surface area (Å²) in [6, 6.07) is 11.0. The number of rotatable bonds is 7. The summed E-state index contributed by atoms with van der Waals surface area (Å²) < 4.78 is 12.2. The second-order valence-electron chi connectivity index (χ2n) is 5.88. The van der Waals surface area contributed by atoms with Crippen LogP contribution in [0.15, 0.2) is 47.1 Å². The summed E-state index contributed by atoms with van der Waals surface area (Å²) in [4.78, 5) is 24.2. The zero-order chi connectivity index (χ0) is 18.5. The molecule has 7 nitrogen and oxygen atoms in total. The van der Waals surface area contributed by atoms with Gasteiger partial charge in [-0.25, -0.2) is 0 Å². The number of carbonyl (C=O) groups is 2. The standard InChI is InChI=1S/C19H21N3O4/c1-22-16-6-5-14(25-2)10-13(16)11-17(22)19(24)20-8-7-18(23)21-12-15-4-3-9-26-15/h3-6,9-11H,7-8,12H2,1-2H3,(H,20,24)(H,21,23). The number of furan rings is 1. The van der Waals surface area contributed by atoms with E-state index in [1.54, 1.807) is 25.5 Å². The van der Waals surface area contributed by atoms with Gasteiger partial charge in [-0.05, 0) is 36.4 Å². The first-order valence-electron chi connectivity index (χ1n) is 8.29. The highest BCUT2D eigenvalue weighted by Gasteiger charge is 2.14. The van der Waals surface area contributed by atoms with E-state index >= 15 is 0 Å². The highest BCUT2D eigenvalue weighted by atomic mass is 16.5. The summed E-state index contributed by atoms with van der Waals surface area (Å²) in [5.41, 5.74) is 1.47. The molecule has 26 heavy (non-hydrogen) atoms. The lowest BCUT2D eigenvalue weighted by molar-refractivity contribution is -0.121. The lowest BCUT2D eigenvalue weighted by atomic mass is 10.2. The summed E-state index contributed by atoms with van der Waals surface area (Å²) in [5.74, 6) is 1.06. The molecule has 1 aromatic carbocycles. The van der Waals surface area contributed by atoms with Crippen LogP contribution < -0.4 is 15.4 Å². The lowest BCUT2D eigenvalue weighted by Gasteiger charge is -2.07. The van der Waals surface area contributed by atoms with Crippen molar-refractivity contribution in [3.05, 3.63) is 54.1 Å². The van der Waals surface area contributed by atoms with Crippen molar-refractivity contribution in [1.29, 1.82) is 0 Å². The molecule has 3 rings (SSSR count). The molecule has 2 heterocycles. The topological polar surface area (TPSA) is 85.5 Å². The molecule has 0 unspecified atom stereocenters. The molecular weight excluding hydrogens is 334 g/mol. The number of nitrogens with one attached hydrogen (secondary N) is 2. The molecule has 2 amide bonds. The Balaban J connectivity index is 1.54. The van der Waals surface area contributed by atoms with Crippen molar-refractivity contribution in [1.82, 2.24) is 15.2 Å². The van der Waals surface area contributed by atoms with Crippen LogP contribution in [0.25, 0.3) is 10.9 Å². The van der Waals surface area contributed by atoms with E-state index in [1.807, 2.05) is 35.9 Å². The van der Waals surface area contributed by atoms with E-state index in [2.05, 4.69) is 10.6 Å². The van der Waals surface area contributed by atoms with Crippen LogP contribution in [0.4, 0.5) is 0 Å². The van der Waals surface area contributed by atoms with Crippen molar-refractivity contribution in [2.24, 2.45) is 7.05 Å². The number of benzene rings is 1. The number of amides is 2. The van der Waals surface area contributed by atoms with Gasteiger partial charge in [0.2, 0.25) is 5.91 Å². The lowest BCUT2D eigenvalue weighted by Crippen LogP contribution is -2.31. The molecule has 0 saturated carbocycles. The van der Waals surface area contributed by atoms with Gasteiger partial charge < -0.3 is 24.4 Å². The Hall–Kier alpha value is -3.22.